The van der Waals surface area contributed by atoms with Gasteiger partial charge in [0.25, 0.3) is 0 Å². The molecule has 0 heterocycles. The van der Waals surface area contributed by atoms with E-state index in [2.05, 4.69) is 0 Å². The number of hydrogen-bond acceptors (Lipinski definition) is 2. The summed E-state index contributed by atoms with van der Waals surface area (Å²) in [5.74, 6) is 0. The van der Waals surface area contributed by atoms with Gasteiger partial charge in [0.1, 0.15) is 0 Å². The summed E-state index contributed by atoms with van der Waals surface area (Å²) in [6.07, 6.45) is 0. The van der Waals surface area contributed by atoms with Crippen LogP contribution >= 0.6 is 0 Å². The Hall–Kier alpha value is 2.37. The molecule has 0 fully saturated rings. The Balaban J connectivity index is -0.0000000267. The summed E-state index contributed by atoms with van der Waals surface area (Å²) in [6, 6.07) is 0. The van der Waals surface area contributed by atoms with E-state index in [1.165, 1.54) is 0 Å². The van der Waals surface area contributed by atoms with Gasteiger partial charge in [0.15, 0.2) is 0 Å². The summed E-state index contributed by atoms with van der Waals surface area (Å²) < 4.78 is 0. The van der Waals surface area contributed by atoms with Crippen LogP contribution in [0.25, 0.3) is 0 Å². The monoisotopic (exact) mass is 152 g/mol. The fraction of sp³-hybridized carbons (Fsp3) is 1.00. The minimum Gasteiger partial charge on any atom is -0.870 e. The zero-order valence-electron chi connectivity index (χ0n) is 6.36. The summed E-state index contributed by atoms with van der Waals surface area (Å²) in [6.45, 7) is 5.31. The molecule has 0 amide bonds. The van der Waals surface area contributed by atoms with Crippen LogP contribution in [-0.2, 0) is 0 Å². The van der Waals surface area contributed by atoms with Crippen molar-refractivity contribution in [3.8, 4) is 0 Å². The van der Waals surface area contributed by atoms with Crippen LogP contribution in [0.3, 0.4) is 0 Å². The van der Waals surface area contributed by atoms with Crippen LogP contribution in [-0.4, -0.2) is 13.8 Å². The molecule has 0 radical (unpaired) electrons. The third-order valence-electron chi connectivity index (χ3n) is 0. The summed E-state index contributed by atoms with van der Waals surface area (Å²) in [5.41, 5.74) is 0. The van der Waals surface area contributed by atoms with Crippen molar-refractivity contribution < 1.29 is 80.5 Å². The zero-order valence-corrected chi connectivity index (χ0v) is 10.5. The fourth-order valence-electron chi connectivity index (χ4n) is 0. The predicted molar refractivity (Wildman–Crippen MR) is 25.3 cm³/mol. The molecule has 0 aromatic carbocycles. The van der Waals surface area contributed by atoms with E-state index in [4.69, 9.17) is 0 Å². The minimum atomic E-state index is -1.86. The summed E-state index contributed by atoms with van der Waals surface area (Å²) in [4.78, 5) is 10.2. The number of hydrogen-bond donors (Lipinski definition) is 0. The van der Waals surface area contributed by atoms with E-state index in [-0.39, 0.29) is 75.7 Å². The van der Waals surface area contributed by atoms with Crippen LogP contribution in [0.2, 0.25) is 19.6 Å². The van der Waals surface area contributed by atoms with E-state index in [0.717, 1.165) is 0 Å². The van der Waals surface area contributed by atoms with Gasteiger partial charge in [-0.05, 0) is 0 Å². The maximum atomic E-state index is 10.2. The van der Waals surface area contributed by atoms with Crippen molar-refractivity contribution in [2.45, 2.75) is 19.6 Å². The van der Waals surface area contributed by atoms with Gasteiger partial charge in [-0.1, -0.05) is 28.0 Å². The van der Waals surface area contributed by atoms with Crippen molar-refractivity contribution in [1.82, 2.24) is 0 Å². The summed E-state index contributed by atoms with van der Waals surface area (Å²) >= 11 is 0. The van der Waals surface area contributed by atoms with Crippen molar-refractivity contribution in [2.24, 2.45) is 0 Å². The largest absolute Gasteiger partial charge is 1.00 e. The molecule has 0 aliphatic heterocycles. The van der Waals surface area contributed by atoms with Crippen molar-refractivity contribution >= 4 is 8.32 Å². The summed E-state index contributed by atoms with van der Waals surface area (Å²) in [5, 5.41) is 0. The average molecular weight is 152 g/mol. The molecule has 0 aromatic rings. The third-order valence-corrected chi connectivity index (χ3v) is 0. The minimum absolute atomic E-state index is 0. The van der Waals surface area contributed by atoms with Crippen molar-refractivity contribution in [3.63, 3.8) is 0 Å². The first-order chi connectivity index (χ1) is 2.00. The molecule has 0 unspecified atom stereocenters. The van der Waals surface area contributed by atoms with E-state index in [1.807, 2.05) is 0 Å². The van der Waals surface area contributed by atoms with Gasteiger partial charge in [0.05, 0.1) is 0 Å². The van der Waals surface area contributed by atoms with Gasteiger partial charge < -0.3 is 10.3 Å². The van der Waals surface area contributed by atoms with Crippen LogP contribution in [0.4, 0.5) is 0 Å². The van der Waals surface area contributed by atoms with E-state index in [1.54, 1.807) is 19.6 Å². The van der Waals surface area contributed by atoms with E-state index in [9.17, 15) is 4.80 Å². The second-order valence-electron chi connectivity index (χ2n) is 2.11. The Kier molecular flexibility index (Phi) is 26.3. The maximum Gasteiger partial charge on any atom is 1.00 e. The molecule has 0 aliphatic rings. The molecule has 0 saturated heterocycles. The van der Waals surface area contributed by atoms with Crippen LogP contribution in [0.15, 0.2) is 0 Å². The normalized spacial score (nSPS) is 7.50. The van der Waals surface area contributed by atoms with Gasteiger partial charge in [-0.15, -0.1) is 0 Å². The standard InChI is InChI=1S/C3H9OSi.K.Li.H2O/c1-5(2,3)4;;;/h1-3H3;;;1H2/q-1;2*+1;/p-1. The molecule has 40 valence electrons. The zero-order chi connectivity index (χ0) is 4.50. The van der Waals surface area contributed by atoms with Gasteiger partial charge >= 0.3 is 70.2 Å². The molecule has 0 spiro atoms. The van der Waals surface area contributed by atoms with Crippen molar-refractivity contribution in [1.29, 1.82) is 0 Å². The van der Waals surface area contributed by atoms with Gasteiger partial charge in [-0.2, -0.15) is 0 Å². The Morgan fingerprint density at radius 1 is 1.12 bits per heavy atom. The van der Waals surface area contributed by atoms with Crippen molar-refractivity contribution in [2.75, 3.05) is 0 Å². The maximum absolute atomic E-state index is 10.2. The molecule has 2 nitrogen and oxygen atoms in total. The predicted octanol–water partition coefficient (Wildman–Crippen LogP) is -5.99. The number of rotatable bonds is 0. The SMILES string of the molecule is C[Si](C)(C)[O-].[K+].[Li+].[OH-]. The van der Waals surface area contributed by atoms with Gasteiger partial charge in [0, 0.05) is 0 Å². The second-order valence-corrected chi connectivity index (χ2v) is 6.34. The first-order valence-electron chi connectivity index (χ1n) is 1.70. The van der Waals surface area contributed by atoms with Crippen LogP contribution < -0.4 is 75.0 Å². The Morgan fingerprint density at radius 2 is 1.12 bits per heavy atom. The van der Waals surface area contributed by atoms with Gasteiger partial charge in [-0.3, -0.25) is 0 Å². The topological polar surface area (TPSA) is 53.1 Å². The molecule has 0 aliphatic carbocycles. The van der Waals surface area contributed by atoms with Crippen molar-refractivity contribution in [3.05, 3.63) is 0 Å². The smallest absolute Gasteiger partial charge is 0.870 e. The molecule has 8 heavy (non-hydrogen) atoms. The molecule has 0 bridgehead atoms. The first kappa shape index (κ1) is 22.4. The quantitative estimate of drug-likeness (QED) is 0.324. The molecular weight excluding hydrogens is 142 g/mol. The van der Waals surface area contributed by atoms with E-state index in [0.29, 0.717) is 0 Å². The summed E-state index contributed by atoms with van der Waals surface area (Å²) in [7, 11) is -1.86. The van der Waals surface area contributed by atoms with E-state index < -0.39 is 8.32 Å². The van der Waals surface area contributed by atoms with E-state index >= 15 is 0 Å². The Bertz CT molecular complexity index is 32.8. The Morgan fingerprint density at radius 3 is 1.12 bits per heavy atom. The molecule has 0 saturated carbocycles. The van der Waals surface area contributed by atoms with Crippen LogP contribution in [0.5, 0.6) is 0 Å². The molecular formula is C3H10KLiO2Si. The fourth-order valence-corrected chi connectivity index (χ4v) is 0. The Labute approximate surface area is 106 Å². The first-order valence-corrected chi connectivity index (χ1v) is 5.11. The third kappa shape index (κ3) is 80.9. The van der Waals surface area contributed by atoms with Crippen LogP contribution in [0, 0.1) is 0 Å². The molecule has 0 atom stereocenters. The molecule has 1 N–H and O–H groups in total. The molecule has 0 aromatic heterocycles. The van der Waals surface area contributed by atoms with Gasteiger partial charge in [0.2, 0.25) is 0 Å². The molecule has 0 rings (SSSR count). The molecule has 5 heteroatoms. The van der Waals surface area contributed by atoms with Gasteiger partial charge in [-0.25, -0.2) is 0 Å². The second kappa shape index (κ2) is 9.37. The average Bonchev–Trinajstić information content (AvgIpc) is 0.722. The van der Waals surface area contributed by atoms with Crippen LogP contribution in [0.1, 0.15) is 0 Å².